The van der Waals surface area contributed by atoms with Crippen molar-refractivity contribution in [2.75, 3.05) is 32.7 Å². The Labute approximate surface area is 165 Å². The van der Waals surface area contributed by atoms with Gasteiger partial charge in [0.1, 0.15) is 5.69 Å². The fourth-order valence-electron chi connectivity index (χ4n) is 4.97. The number of rotatable bonds is 3. The summed E-state index contributed by atoms with van der Waals surface area (Å²) in [5.74, 6) is 0.985. The van der Waals surface area contributed by atoms with Gasteiger partial charge in [-0.1, -0.05) is 29.8 Å². The van der Waals surface area contributed by atoms with Crippen molar-refractivity contribution in [2.45, 2.75) is 32.1 Å². The zero-order valence-corrected chi connectivity index (χ0v) is 16.4. The standard InChI is InChI=1S/C22H26ClN3O/c23-18-4-1-3-17-7-8-19(24-20(17)18)21(27)26-12-10-22(15-26)9-2-11-25(14-22)13-16-5-6-16/h1,3-4,7-8,16H,2,5-6,9-15H2/t22-/m0/s1. The van der Waals surface area contributed by atoms with Crippen LogP contribution in [0.3, 0.4) is 0 Å². The number of hydrogen-bond acceptors (Lipinski definition) is 3. The van der Waals surface area contributed by atoms with Crippen LogP contribution in [0.2, 0.25) is 5.02 Å². The summed E-state index contributed by atoms with van der Waals surface area (Å²) in [5, 5.41) is 1.57. The fourth-order valence-corrected chi connectivity index (χ4v) is 5.19. The van der Waals surface area contributed by atoms with Gasteiger partial charge in [0.2, 0.25) is 0 Å². The third-order valence-electron chi connectivity index (χ3n) is 6.57. The number of pyridine rings is 1. The number of benzene rings is 1. The van der Waals surface area contributed by atoms with Gasteiger partial charge in [-0.2, -0.15) is 0 Å². The van der Waals surface area contributed by atoms with Crippen molar-refractivity contribution in [3.8, 4) is 0 Å². The average molecular weight is 384 g/mol. The molecule has 3 heterocycles. The summed E-state index contributed by atoms with van der Waals surface area (Å²) >= 11 is 6.28. The van der Waals surface area contributed by atoms with Gasteiger partial charge in [-0.05, 0) is 56.7 Å². The highest BCUT2D eigenvalue weighted by molar-refractivity contribution is 6.35. The van der Waals surface area contributed by atoms with Gasteiger partial charge in [0.05, 0.1) is 10.5 Å². The van der Waals surface area contributed by atoms with Gasteiger partial charge < -0.3 is 9.80 Å². The molecule has 1 atom stereocenters. The largest absolute Gasteiger partial charge is 0.337 e. The van der Waals surface area contributed by atoms with E-state index in [1.807, 2.05) is 35.2 Å². The van der Waals surface area contributed by atoms with Crippen LogP contribution in [0.5, 0.6) is 0 Å². The molecule has 2 aliphatic heterocycles. The summed E-state index contributed by atoms with van der Waals surface area (Å²) in [6.45, 7) is 5.37. The molecule has 5 heteroatoms. The van der Waals surface area contributed by atoms with Gasteiger partial charge in [-0.25, -0.2) is 4.98 Å². The maximum absolute atomic E-state index is 13.1. The predicted molar refractivity (Wildman–Crippen MR) is 108 cm³/mol. The van der Waals surface area contributed by atoms with Crippen LogP contribution in [-0.2, 0) is 0 Å². The SMILES string of the molecule is O=C(c1ccc2cccc(Cl)c2n1)N1CC[C@]2(CCCN(CC3CC3)C2)C1. The molecule has 2 aromatic rings. The second kappa shape index (κ2) is 6.75. The summed E-state index contributed by atoms with van der Waals surface area (Å²) < 4.78 is 0. The Morgan fingerprint density at radius 2 is 2.04 bits per heavy atom. The molecule has 1 aliphatic carbocycles. The third-order valence-corrected chi connectivity index (χ3v) is 6.87. The monoisotopic (exact) mass is 383 g/mol. The van der Waals surface area contributed by atoms with Crippen LogP contribution >= 0.6 is 11.6 Å². The average Bonchev–Trinajstić information content (AvgIpc) is 3.40. The molecule has 1 saturated carbocycles. The molecule has 3 fully saturated rings. The van der Waals surface area contributed by atoms with Crippen molar-refractivity contribution in [1.82, 2.24) is 14.8 Å². The summed E-state index contributed by atoms with van der Waals surface area (Å²) in [4.78, 5) is 22.4. The Hall–Kier alpha value is -1.65. The second-order valence-electron chi connectivity index (χ2n) is 8.77. The highest BCUT2D eigenvalue weighted by Gasteiger charge is 2.43. The highest BCUT2D eigenvalue weighted by atomic mass is 35.5. The molecule has 0 radical (unpaired) electrons. The first-order chi connectivity index (χ1) is 13.1. The molecular formula is C22H26ClN3O. The first-order valence-electron chi connectivity index (χ1n) is 10.2. The second-order valence-corrected chi connectivity index (χ2v) is 9.17. The predicted octanol–water partition coefficient (Wildman–Crippen LogP) is 4.23. The van der Waals surface area contributed by atoms with Crippen LogP contribution in [0, 0.1) is 11.3 Å². The molecule has 4 nitrogen and oxygen atoms in total. The Kier molecular flexibility index (Phi) is 4.36. The molecule has 0 bridgehead atoms. The van der Waals surface area contributed by atoms with Gasteiger partial charge >= 0.3 is 0 Å². The lowest BCUT2D eigenvalue weighted by Crippen LogP contribution is -2.46. The van der Waals surface area contributed by atoms with E-state index in [9.17, 15) is 4.79 Å². The van der Waals surface area contributed by atoms with Crippen molar-refractivity contribution in [2.24, 2.45) is 11.3 Å². The molecule has 2 saturated heterocycles. The van der Waals surface area contributed by atoms with Gasteiger partial charge in [0.15, 0.2) is 0 Å². The molecule has 1 amide bonds. The van der Waals surface area contributed by atoms with Crippen LogP contribution in [-0.4, -0.2) is 53.4 Å². The fraction of sp³-hybridized carbons (Fsp3) is 0.545. The zero-order chi connectivity index (χ0) is 18.4. The Bertz CT molecular complexity index is 881. The summed E-state index contributed by atoms with van der Waals surface area (Å²) in [7, 11) is 0. The number of para-hydroxylation sites is 1. The van der Waals surface area contributed by atoms with E-state index < -0.39 is 0 Å². The van der Waals surface area contributed by atoms with Crippen molar-refractivity contribution in [3.05, 3.63) is 41.0 Å². The van der Waals surface area contributed by atoms with Crippen LogP contribution in [0.15, 0.2) is 30.3 Å². The van der Waals surface area contributed by atoms with Crippen molar-refractivity contribution < 1.29 is 4.79 Å². The lowest BCUT2D eigenvalue weighted by atomic mass is 9.79. The number of amides is 1. The van der Waals surface area contributed by atoms with E-state index >= 15 is 0 Å². The molecule has 0 N–H and O–H groups in total. The summed E-state index contributed by atoms with van der Waals surface area (Å²) in [6, 6.07) is 9.50. The minimum Gasteiger partial charge on any atom is -0.337 e. The number of carbonyl (C=O) groups is 1. The van der Waals surface area contributed by atoms with E-state index in [1.165, 1.54) is 38.8 Å². The number of aromatic nitrogens is 1. The smallest absolute Gasteiger partial charge is 0.272 e. The van der Waals surface area contributed by atoms with Crippen LogP contribution in [0.4, 0.5) is 0 Å². The minimum atomic E-state index is 0.0491. The maximum Gasteiger partial charge on any atom is 0.272 e. The van der Waals surface area contributed by atoms with Gasteiger partial charge in [-0.3, -0.25) is 4.79 Å². The number of likely N-dealkylation sites (tertiary alicyclic amines) is 2. The minimum absolute atomic E-state index is 0.0491. The first-order valence-corrected chi connectivity index (χ1v) is 10.6. The molecule has 27 heavy (non-hydrogen) atoms. The van der Waals surface area contributed by atoms with E-state index in [0.29, 0.717) is 16.2 Å². The van der Waals surface area contributed by atoms with E-state index in [1.54, 1.807) is 0 Å². The third kappa shape index (κ3) is 3.45. The summed E-state index contributed by atoms with van der Waals surface area (Å²) in [6.07, 6.45) is 6.44. The maximum atomic E-state index is 13.1. The molecule has 1 spiro atoms. The van der Waals surface area contributed by atoms with Gasteiger partial charge in [-0.15, -0.1) is 0 Å². The first kappa shape index (κ1) is 17.4. The van der Waals surface area contributed by atoms with Gasteiger partial charge in [0.25, 0.3) is 5.91 Å². The van der Waals surface area contributed by atoms with E-state index in [2.05, 4.69) is 9.88 Å². The molecule has 1 aromatic carbocycles. The molecule has 0 unspecified atom stereocenters. The van der Waals surface area contributed by atoms with Gasteiger partial charge in [0, 0.05) is 37.0 Å². The molecule has 5 rings (SSSR count). The normalized spacial score (nSPS) is 26.2. The number of fused-ring (bicyclic) bond motifs is 1. The molecule has 1 aromatic heterocycles. The molecule has 142 valence electrons. The number of carbonyl (C=O) groups excluding carboxylic acids is 1. The molecular weight excluding hydrogens is 358 g/mol. The number of piperidine rings is 1. The van der Waals surface area contributed by atoms with Crippen LogP contribution < -0.4 is 0 Å². The Morgan fingerprint density at radius 3 is 2.89 bits per heavy atom. The van der Waals surface area contributed by atoms with Crippen molar-refractivity contribution in [3.63, 3.8) is 0 Å². The van der Waals surface area contributed by atoms with Crippen molar-refractivity contribution >= 4 is 28.4 Å². The number of halogens is 1. The quantitative estimate of drug-likeness (QED) is 0.795. The lowest BCUT2D eigenvalue weighted by Gasteiger charge is -2.40. The number of hydrogen-bond donors (Lipinski definition) is 0. The zero-order valence-electron chi connectivity index (χ0n) is 15.7. The molecule has 3 aliphatic rings. The summed E-state index contributed by atoms with van der Waals surface area (Å²) in [5.41, 5.74) is 1.52. The number of nitrogens with zero attached hydrogens (tertiary/aromatic N) is 3. The van der Waals surface area contributed by atoms with Crippen LogP contribution in [0.25, 0.3) is 10.9 Å². The van der Waals surface area contributed by atoms with E-state index in [-0.39, 0.29) is 11.3 Å². The lowest BCUT2D eigenvalue weighted by molar-refractivity contribution is 0.0677. The van der Waals surface area contributed by atoms with Crippen LogP contribution in [0.1, 0.15) is 42.6 Å². The Morgan fingerprint density at radius 1 is 1.15 bits per heavy atom. The highest BCUT2D eigenvalue weighted by Crippen LogP contribution is 2.41. The van der Waals surface area contributed by atoms with Crippen molar-refractivity contribution in [1.29, 1.82) is 0 Å². The topological polar surface area (TPSA) is 36.4 Å². The Balaban J connectivity index is 1.32. The van der Waals surface area contributed by atoms with E-state index in [4.69, 9.17) is 11.6 Å². The van der Waals surface area contributed by atoms with E-state index in [0.717, 1.165) is 37.4 Å².